The monoisotopic (exact) mass is 399 g/mol. The van der Waals surface area contributed by atoms with Crippen LogP contribution in [0.2, 0.25) is 0 Å². The summed E-state index contributed by atoms with van der Waals surface area (Å²) in [5, 5.41) is 11.2. The Kier molecular flexibility index (Phi) is 6.49. The molecule has 0 spiro atoms. The Balaban J connectivity index is 1.64. The van der Waals surface area contributed by atoms with Crippen molar-refractivity contribution in [3.63, 3.8) is 0 Å². The Labute approximate surface area is 167 Å². The molecule has 0 aliphatic rings. The predicted octanol–water partition coefficient (Wildman–Crippen LogP) is 4.67. The number of thiazole rings is 1. The molecule has 0 amide bonds. The van der Waals surface area contributed by atoms with Crippen molar-refractivity contribution in [3.05, 3.63) is 59.1 Å². The summed E-state index contributed by atoms with van der Waals surface area (Å²) in [6.45, 7) is 5.18. The van der Waals surface area contributed by atoms with Crippen molar-refractivity contribution in [2.45, 2.75) is 13.8 Å². The van der Waals surface area contributed by atoms with Crippen molar-refractivity contribution in [1.29, 1.82) is 0 Å². The topological polar surface area (TPSA) is 77.9 Å². The highest BCUT2D eigenvalue weighted by Gasteiger charge is 2.13. The first kappa shape index (κ1) is 19.7. The summed E-state index contributed by atoms with van der Waals surface area (Å²) in [6, 6.07) is 13.3. The van der Waals surface area contributed by atoms with Crippen molar-refractivity contribution in [2.24, 2.45) is 0 Å². The first-order chi connectivity index (χ1) is 13.6. The van der Waals surface area contributed by atoms with E-state index in [0.717, 1.165) is 11.3 Å². The van der Waals surface area contributed by atoms with Gasteiger partial charge in [-0.2, -0.15) is 0 Å². The maximum atomic E-state index is 11.0. The van der Waals surface area contributed by atoms with Crippen LogP contribution in [-0.2, 0) is 0 Å². The van der Waals surface area contributed by atoms with Gasteiger partial charge < -0.3 is 19.3 Å². The number of aromatic nitrogens is 1. The lowest BCUT2D eigenvalue weighted by atomic mass is 10.2. The Morgan fingerprint density at radius 3 is 2.46 bits per heavy atom. The van der Waals surface area contributed by atoms with Gasteiger partial charge in [0.1, 0.15) is 24.0 Å². The van der Waals surface area contributed by atoms with E-state index in [9.17, 15) is 4.79 Å². The molecule has 1 aromatic heterocycles. The highest BCUT2D eigenvalue weighted by Crippen LogP contribution is 2.34. The number of aryl methyl sites for hydroxylation is 1. The van der Waals surface area contributed by atoms with E-state index in [2.05, 4.69) is 4.98 Å². The molecule has 28 heavy (non-hydrogen) atoms. The van der Waals surface area contributed by atoms with Crippen molar-refractivity contribution >= 4 is 17.3 Å². The molecule has 0 bridgehead atoms. The van der Waals surface area contributed by atoms with Gasteiger partial charge in [0.05, 0.1) is 6.61 Å². The van der Waals surface area contributed by atoms with Crippen LogP contribution in [-0.4, -0.2) is 35.9 Å². The van der Waals surface area contributed by atoms with Crippen LogP contribution in [0.25, 0.3) is 10.6 Å². The van der Waals surface area contributed by atoms with E-state index >= 15 is 0 Å². The molecule has 0 fully saturated rings. The molecular formula is C21H21NO5S. The molecular weight excluding hydrogens is 378 g/mol. The molecule has 0 unspecified atom stereocenters. The Morgan fingerprint density at radius 1 is 1.04 bits per heavy atom. The highest BCUT2D eigenvalue weighted by molar-refractivity contribution is 7.13. The maximum absolute atomic E-state index is 11.0. The minimum Gasteiger partial charge on any atom is -0.490 e. The van der Waals surface area contributed by atoms with Crippen LogP contribution >= 0.6 is 11.3 Å². The number of hydrogen-bond donors (Lipinski definition) is 1. The van der Waals surface area contributed by atoms with E-state index < -0.39 is 5.97 Å². The Hall–Kier alpha value is -3.06. The SMILES string of the molecule is CCOc1cc(-c2nc(C(=O)O)cs2)ccc1OCCOc1ccc(C)cc1. The zero-order valence-corrected chi connectivity index (χ0v) is 16.5. The first-order valence-electron chi connectivity index (χ1n) is 8.85. The fraction of sp³-hybridized carbons (Fsp3) is 0.238. The number of nitrogens with zero attached hydrogens (tertiary/aromatic N) is 1. The lowest BCUT2D eigenvalue weighted by Gasteiger charge is -2.13. The van der Waals surface area contributed by atoms with Gasteiger partial charge in [-0.15, -0.1) is 11.3 Å². The van der Waals surface area contributed by atoms with Gasteiger partial charge >= 0.3 is 5.97 Å². The summed E-state index contributed by atoms with van der Waals surface area (Å²) < 4.78 is 17.2. The third-order valence-electron chi connectivity index (χ3n) is 3.84. The van der Waals surface area contributed by atoms with E-state index in [1.54, 1.807) is 6.07 Å². The molecule has 7 heteroatoms. The number of rotatable bonds is 9. The van der Waals surface area contributed by atoms with Crippen LogP contribution in [0.4, 0.5) is 0 Å². The predicted molar refractivity (Wildman–Crippen MR) is 108 cm³/mol. The van der Waals surface area contributed by atoms with Gasteiger partial charge in [0.2, 0.25) is 0 Å². The molecule has 3 aromatic rings. The number of carboxylic acid groups (broad SMARTS) is 1. The highest BCUT2D eigenvalue weighted by atomic mass is 32.1. The molecule has 2 aromatic carbocycles. The van der Waals surface area contributed by atoms with Crippen LogP contribution < -0.4 is 14.2 Å². The van der Waals surface area contributed by atoms with Crippen molar-refractivity contribution in [2.75, 3.05) is 19.8 Å². The number of carboxylic acids is 1. The number of carbonyl (C=O) groups is 1. The lowest BCUT2D eigenvalue weighted by molar-refractivity contribution is 0.0691. The third kappa shape index (κ3) is 5.01. The molecule has 1 N–H and O–H groups in total. The summed E-state index contributed by atoms with van der Waals surface area (Å²) in [4.78, 5) is 15.2. The number of ether oxygens (including phenoxy) is 3. The fourth-order valence-corrected chi connectivity index (χ4v) is 3.27. The minimum absolute atomic E-state index is 0.0338. The maximum Gasteiger partial charge on any atom is 0.355 e. The van der Waals surface area contributed by atoms with Gasteiger partial charge in [0.15, 0.2) is 17.2 Å². The van der Waals surface area contributed by atoms with Crippen LogP contribution in [0.1, 0.15) is 23.0 Å². The molecule has 3 rings (SSSR count). The standard InChI is InChI=1S/C21H21NO5S/c1-3-25-19-12-15(20-22-17(13-28-20)21(23)24)6-9-18(19)27-11-10-26-16-7-4-14(2)5-8-16/h4-9,12-13H,3,10-11H2,1-2H3,(H,23,24). The average molecular weight is 399 g/mol. The quantitative estimate of drug-likeness (QED) is 0.527. The van der Waals surface area contributed by atoms with Crippen molar-refractivity contribution in [1.82, 2.24) is 4.98 Å². The van der Waals surface area contributed by atoms with Crippen LogP contribution in [0, 0.1) is 6.92 Å². The summed E-state index contributed by atoms with van der Waals surface area (Å²) in [6.07, 6.45) is 0. The second-order valence-corrected chi connectivity index (χ2v) is 6.81. The summed E-state index contributed by atoms with van der Waals surface area (Å²) in [7, 11) is 0. The number of aromatic carboxylic acids is 1. The average Bonchev–Trinajstić information content (AvgIpc) is 3.18. The van der Waals surface area contributed by atoms with E-state index in [1.165, 1.54) is 22.3 Å². The molecule has 0 radical (unpaired) electrons. The second kappa shape index (κ2) is 9.23. The summed E-state index contributed by atoms with van der Waals surface area (Å²) >= 11 is 1.28. The number of hydrogen-bond acceptors (Lipinski definition) is 6. The van der Waals surface area contributed by atoms with Gasteiger partial charge in [0.25, 0.3) is 0 Å². The molecule has 0 aliphatic heterocycles. The summed E-state index contributed by atoms with van der Waals surface area (Å²) in [5.41, 5.74) is 2.00. The van der Waals surface area contributed by atoms with Gasteiger partial charge in [-0.25, -0.2) is 9.78 Å². The van der Waals surface area contributed by atoms with E-state index in [4.69, 9.17) is 19.3 Å². The van der Waals surface area contributed by atoms with Crippen LogP contribution in [0.3, 0.4) is 0 Å². The van der Waals surface area contributed by atoms with Crippen molar-refractivity contribution in [3.8, 4) is 27.8 Å². The van der Waals surface area contributed by atoms with E-state index in [-0.39, 0.29) is 5.69 Å². The van der Waals surface area contributed by atoms with Gasteiger partial charge in [-0.3, -0.25) is 0 Å². The number of benzene rings is 2. The molecule has 1 heterocycles. The van der Waals surface area contributed by atoms with Gasteiger partial charge in [-0.1, -0.05) is 17.7 Å². The molecule has 0 saturated heterocycles. The Morgan fingerprint density at radius 2 is 1.79 bits per heavy atom. The van der Waals surface area contributed by atoms with E-state index in [1.807, 2.05) is 50.2 Å². The van der Waals surface area contributed by atoms with E-state index in [0.29, 0.717) is 36.3 Å². The minimum atomic E-state index is -1.04. The second-order valence-electron chi connectivity index (χ2n) is 5.95. The largest absolute Gasteiger partial charge is 0.490 e. The van der Waals surface area contributed by atoms with Crippen molar-refractivity contribution < 1.29 is 24.1 Å². The van der Waals surface area contributed by atoms with Gasteiger partial charge in [0, 0.05) is 10.9 Å². The zero-order chi connectivity index (χ0) is 19.9. The molecule has 6 nitrogen and oxygen atoms in total. The molecule has 146 valence electrons. The zero-order valence-electron chi connectivity index (χ0n) is 15.7. The fourth-order valence-electron chi connectivity index (χ4n) is 2.48. The first-order valence-corrected chi connectivity index (χ1v) is 9.73. The normalized spacial score (nSPS) is 10.5. The van der Waals surface area contributed by atoms with Crippen LogP contribution in [0.15, 0.2) is 47.8 Å². The lowest BCUT2D eigenvalue weighted by Crippen LogP contribution is -2.10. The summed E-state index contributed by atoms with van der Waals surface area (Å²) in [5.74, 6) is 0.948. The molecule has 0 atom stereocenters. The molecule has 0 saturated carbocycles. The van der Waals surface area contributed by atoms with Crippen LogP contribution in [0.5, 0.6) is 17.2 Å². The van der Waals surface area contributed by atoms with Gasteiger partial charge in [-0.05, 0) is 44.2 Å². The molecule has 0 aliphatic carbocycles. The Bertz CT molecular complexity index is 936. The third-order valence-corrected chi connectivity index (χ3v) is 4.74. The smallest absolute Gasteiger partial charge is 0.355 e.